The number of halogens is 1. The van der Waals surface area contributed by atoms with Crippen LogP contribution in [0.3, 0.4) is 0 Å². The number of fused-ring (bicyclic) bond motifs is 1. The number of rotatable bonds is 4. The van der Waals surface area contributed by atoms with Crippen molar-refractivity contribution in [3.05, 3.63) is 53.2 Å². The topological polar surface area (TPSA) is 71.5 Å². The van der Waals surface area contributed by atoms with Crippen LogP contribution >= 0.6 is 11.6 Å². The number of likely N-dealkylation sites (tertiary alicyclic amines) is 1. The number of hydrogen-bond donors (Lipinski definition) is 1. The summed E-state index contributed by atoms with van der Waals surface area (Å²) in [6, 6.07) is 9.97. The maximum atomic E-state index is 13.4. The van der Waals surface area contributed by atoms with Gasteiger partial charge in [-0.15, -0.1) is 0 Å². The van der Waals surface area contributed by atoms with Crippen molar-refractivity contribution in [1.29, 1.82) is 0 Å². The van der Waals surface area contributed by atoms with Gasteiger partial charge in [0.1, 0.15) is 6.04 Å². The Labute approximate surface area is 175 Å². The maximum absolute atomic E-state index is 13.4. The van der Waals surface area contributed by atoms with Crippen molar-refractivity contribution in [3.8, 4) is 5.88 Å². The fourth-order valence-corrected chi connectivity index (χ4v) is 4.75. The number of nitrogens with one attached hydrogen (secondary N) is 1. The van der Waals surface area contributed by atoms with E-state index in [9.17, 15) is 9.59 Å². The monoisotopic (exact) mass is 413 g/mol. The molecule has 7 heteroatoms. The van der Waals surface area contributed by atoms with Crippen molar-refractivity contribution in [2.75, 3.05) is 12.4 Å². The summed E-state index contributed by atoms with van der Waals surface area (Å²) in [4.78, 5) is 32.4. The molecule has 4 rings (SSSR count). The van der Waals surface area contributed by atoms with Crippen LogP contribution in [0.25, 0.3) is 0 Å². The molecule has 1 saturated heterocycles. The third-order valence-electron chi connectivity index (χ3n) is 5.91. The minimum atomic E-state index is -0.503. The number of carbonyl (C=O) groups excluding carboxylic acids is 2. The van der Waals surface area contributed by atoms with E-state index in [1.165, 1.54) is 0 Å². The summed E-state index contributed by atoms with van der Waals surface area (Å²) in [5, 5.41) is 3.43. The number of nitrogens with zero attached hydrogens (tertiary/aromatic N) is 2. The van der Waals surface area contributed by atoms with Crippen molar-refractivity contribution in [2.45, 2.75) is 44.2 Å². The van der Waals surface area contributed by atoms with E-state index < -0.39 is 6.04 Å². The Hall–Kier alpha value is -2.60. The van der Waals surface area contributed by atoms with E-state index in [0.29, 0.717) is 34.5 Å². The van der Waals surface area contributed by atoms with Crippen molar-refractivity contribution < 1.29 is 14.3 Å². The number of carbonyl (C=O) groups is 2. The molecule has 0 radical (unpaired) electrons. The fourth-order valence-electron chi connectivity index (χ4n) is 4.56. The lowest BCUT2D eigenvalue weighted by molar-refractivity contribution is -0.120. The molecule has 2 amide bonds. The quantitative estimate of drug-likeness (QED) is 0.817. The molecule has 29 heavy (non-hydrogen) atoms. The van der Waals surface area contributed by atoms with Crippen LogP contribution in [0.15, 0.2) is 42.6 Å². The molecule has 1 aliphatic heterocycles. The fraction of sp³-hybridized carbons (Fsp3) is 0.409. The van der Waals surface area contributed by atoms with E-state index in [4.69, 9.17) is 16.3 Å². The molecule has 2 aromatic rings. The van der Waals surface area contributed by atoms with E-state index in [1.54, 1.807) is 54.6 Å². The Morgan fingerprint density at radius 3 is 2.76 bits per heavy atom. The number of aromatic nitrogens is 1. The summed E-state index contributed by atoms with van der Waals surface area (Å²) >= 11 is 6.10. The van der Waals surface area contributed by atoms with Gasteiger partial charge >= 0.3 is 0 Å². The van der Waals surface area contributed by atoms with Gasteiger partial charge in [-0.2, -0.15) is 0 Å². The molecular formula is C22H24ClN3O3. The minimum Gasteiger partial charge on any atom is -0.481 e. The average molecular weight is 414 g/mol. The third kappa shape index (κ3) is 4.08. The van der Waals surface area contributed by atoms with Crippen molar-refractivity contribution in [2.24, 2.45) is 5.92 Å². The Balaban J connectivity index is 1.58. The van der Waals surface area contributed by atoms with Crippen LogP contribution in [0.4, 0.5) is 5.69 Å². The van der Waals surface area contributed by atoms with Gasteiger partial charge in [-0.3, -0.25) is 9.59 Å². The highest BCUT2D eigenvalue weighted by molar-refractivity contribution is 6.31. The average Bonchev–Trinajstić information content (AvgIpc) is 3.13. The summed E-state index contributed by atoms with van der Waals surface area (Å²) in [5.74, 6) is 0.529. The second-order valence-corrected chi connectivity index (χ2v) is 8.10. The van der Waals surface area contributed by atoms with Gasteiger partial charge in [0.15, 0.2) is 0 Å². The van der Waals surface area contributed by atoms with Crippen LogP contribution in [-0.2, 0) is 4.79 Å². The molecule has 152 valence electrons. The molecule has 1 aliphatic carbocycles. The first kappa shape index (κ1) is 19.7. The number of amides is 2. The lowest BCUT2D eigenvalue weighted by Gasteiger charge is -2.33. The Kier molecular flexibility index (Phi) is 5.72. The number of methoxy groups -OCH3 is 1. The van der Waals surface area contributed by atoms with Gasteiger partial charge in [0, 0.05) is 22.7 Å². The maximum Gasteiger partial charge on any atom is 0.254 e. The number of hydrogen-bond acceptors (Lipinski definition) is 4. The highest BCUT2D eigenvalue weighted by Crippen LogP contribution is 2.41. The Morgan fingerprint density at radius 2 is 2.03 bits per heavy atom. The molecule has 0 unspecified atom stereocenters. The van der Waals surface area contributed by atoms with Gasteiger partial charge in [-0.1, -0.05) is 30.5 Å². The summed E-state index contributed by atoms with van der Waals surface area (Å²) in [7, 11) is 1.54. The number of ether oxygens (including phenoxy) is 1. The standard InChI is InChI=1S/C22H24ClN3O3/c1-29-20-10-9-17(13-24-20)25-21(27)19-12-14-5-2-3-8-18(14)26(19)22(28)15-6-4-7-16(23)11-15/h4,6-7,9-11,13-14,18-19H,2-3,5,8,12H2,1H3,(H,25,27)/t14-,18-,19-/m0/s1. The van der Waals surface area contributed by atoms with E-state index in [1.807, 2.05) is 0 Å². The van der Waals surface area contributed by atoms with Crippen LogP contribution in [0, 0.1) is 5.92 Å². The van der Waals surface area contributed by atoms with Gasteiger partial charge in [0.05, 0.1) is 19.0 Å². The Morgan fingerprint density at radius 1 is 1.21 bits per heavy atom. The first-order valence-corrected chi connectivity index (χ1v) is 10.3. The normalized spacial score (nSPS) is 23.4. The molecule has 6 nitrogen and oxygen atoms in total. The molecule has 3 atom stereocenters. The van der Waals surface area contributed by atoms with Gasteiger partial charge in [-0.25, -0.2) is 4.98 Å². The molecule has 1 aromatic heterocycles. The largest absolute Gasteiger partial charge is 0.481 e. The molecule has 1 saturated carbocycles. The van der Waals surface area contributed by atoms with E-state index in [0.717, 1.165) is 25.7 Å². The lowest BCUT2D eigenvalue weighted by atomic mass is 9.84. The highest BCUT2D eigenvalue weighted by Gasteiger charge is 2.47. The van der Waals surface area contributed by atoms with E-state index >= 15 is 0 Å². The van der Waals surface area contributed by atoms with Crippen molar-refractivity contribution >= 4 is 29.1 Å². The summed E-state index contributed by atoms with van der Waals surface area (Å²) in [6.07, 6.45) is 6.46. The smallest absolute Gasteiger partial charge is 0.254 e. The van der Waals surface area contributed by atoms with Crippen molar-refractivity contribution in [3.63, 3.8) is 0 Å². The number of anilines is 1. The first-order valence-electron chi connectivity index (χ1n) is 9.96. The van der Waals surface area contributed by atoms with Gasteiger partial charge in [0.2, 0.25) is 11.8 Å². The second-order valence-electron chi connectivity index (χ2n) is 7.66. The third-order valence-corrected chi connectivity index (χ3v) is 6.14. The zero-order chi connectivity index (χ0) is 20.4. The predicted molar refractivity (Wildman–Crippen MR) is 111 cm³/mol. The van der Waals surface area contributed by atoms with Gasteiger partial charge in [0.25, 0.3) is 5.91 Å². The highest BCUT2D eigenvalue weighted by atomic mass is 35.5. The second kappa shape index (κ2) is 8.41. The lowest BCUT2D eigenvalue weighted by Crippen LogP contribution is -2.47. The van der Waals surface area contributed by atoms with Crippen LogP contribution in [0.5, 0.6) is 5.88 Å². The molecule has 1 N–H and O–H groups in total. The molecule has 1 aromatic carbocycles. The van der Waals surface area contributed by atoms with E-state index in [2.05, 4.69) is 10.3 Å². The van der Waals surface area contributed by atoms with Crippen LogP contribution in [0.1, 0.15) is 42.5 Å². The van der Waals surface area contributed by atoms with Crippen LogP contribution in [-0.4, -0.2) is 40.9 Å². The molecule has 0 bridgehead atoms. The zero-order valence-electron chi connectivity index (χ0n) is 16.3. The van der Waals surface area contributed by atoms with E-state index in [-0.39, 0.29) is 17.9 Å². The molecule has 0 spiro atoms. The molecular weight excluding hydrogens is 390 g/mol. The van der Waals surface area contributed by atoms with Gasteiger partial charge < -0.3 is 15.0 Å². The molecule has 2 fully saturated rings. The number of benzene rings is 1. The van der Waals surface area contributed by atoms with Crippen LogP contribution in [0.2, 0.25) is 5.02 Å². The Bertz CT molecular complexity index is 902. The summed E-state index contributed by atoms with van der Waals surface area (Å²) in [6.45, 7) is 0. The van der Waals surface area contributed by atoms with Crippen molar-refractivity contribution in [1.82, 2.24) is 9.88 Å². The number of pyridine rings is 1. The molecule has 2 heterocycles. The first-order chi connectivity index (χ1) is 14.1. The SMILES string of the molecule is COc1ccc(NC(=O)[C@@H]2C[C@@H]3CCCC[C@@H]3N2C(=O)c2cccc(Cl)c2)cn1. The minimum absolute atomic E-state index is 0.0972. The van der Waals surface area contributed by atoms with Crippen LogP contribution < -0.4 is 10.1 Å². The summed E-state index contributed by atoms with van der Waals surface area (Å²) < 4.78 is 5.06. The van der Waals surface area contributed by atoms with Gasteiger partial charge in [-0.05, 0) is 49.4 Å². The molecule has 2 aliphatic rings. The summed E-state index contributed by atoms with van der Waals surface area (Å²) in [5.41, 5.74) is 1.11. The predicted octanol–water partition coefficient (Wildman–Crippen LogP) is 4.16. The zero-order valence-corrected chi connectivity index (χ0v) is 17.1.